The SMILES string of the molecule is C=CCc1cc(Cl)cc(/C(O)=C/C(=O)/C=C/c2ccc(OC)cc2)c1O. The first kappa shape index (κ1) is 19.3. The zero-order valence-corrected chi connectivity index (χ0v) is 15.0. The van der Waals surface area contributed by atoms with Crippen LogP contribution in [0.1, 0.15) is 16.7 Å². The van der Waals surface area contributed by atoms with Crippen molar-refractivity contribution < 1.29 is 19.7 Å². The van der Waals surface area contributed by atoms with Crippen molar-refractivity contribution in [3.63, 3.8) is 0 Å². The first-order valence-electron chi connectivity index (χ1n) is 7.84. The second-order valence-corrected chi connectivity index (χ2v) is 5.93. The Balaban J connectivity index is 2.21. The number of phenols is 1. The monoisotopic (exact) mass is 370 g/mol. The van der Waals surface area contributed by atoms with Crippen molar-refractivity contribution in [2.45, 2.75) is 6.42 Å². The summed E-state index contributed by atoms with van der Waals surface area (Å²) in [6, 6.07) is 10.1. The van der Waals surface area contributed by atoms with Crippen molar-refractivity contribution in [2.75, 3.05) is 7.11 Å². The third-order valence-electron chi connectivity index (χ3n) is 3.63. The summed E-state index contributed by atoms with van der Waals surface area (Å²) in [6.07, 6.45) is 5.97. The molecule has 0 heterocycles. The van der Waals surface area contributed by atoms with Gasteiger partial charge in [-0.3, -0.25) is 4.79 Å². The molecule has 0 unspecified atom stereocenters. The van der Waals surface area contributed by atoms with Crippen LogP contribution >= 0.6 is 11.6 Å². The fraction of sp³-hybridized carbons (Fsp3) is 0.0952. The van der Waals surface area contributed by atoms with Gasteiger partial charge in [0, 0.05) is 11.1 Å². The molecule has 2 aromatic rings. The summed E-state index contributed by atoms with van der Waals surface area (Å²) in [6.45, 7) is 3.61. The number of hydrogen-bond acceptors (Lipinski definition) is 4. The average molecular weight is 371 g/mol. The van der Waals surface area contributed by atoms with Crippen LogP contribution in [0.15, 0.2) is 61.2 Å². The molecule has 0 bridgehead atoms. The lowest BCUT2D eigenvalue weighted by molar-refractivity contribution is -0.110. The molecule has 2 aromatic carbocycles. The van der Waals surface area contributed by atoms with E-state index in [1.165, 1.54) is 12.1 Å². The van der Waals surface area contributed by atoms with E-state index in [0.29, 0.717) is 17.0 Å². The number of aliphatic hydroxyl groups is 1. The van der Waals surface area contributed by atoms with Gasteiger partial charge in [-0.25, -0.2) is 0 Å². The number of benzene rings is 2. The minimum atomic E-state index is -0.428. The highest BCUT2D eigenvalue weighted by atomic mass is 35.5. The van der Waals surface area contributed by atoms with Gasteiger partial charge < -0.3 is 14.9 Å². The van der Waals surface area contributed by atoms with Crippen LogP contribution in [0.2, 0.25) is 5.02 Å². The fourth-order valence-corrected chi connectivity index (χ4v) is 2.56. The van der Waals surface area contributed by atoms with E-state index in [-0.39, 0.29) is 17.1 Å². The van der Waals surface area contributed by atoms with Crippen molar-refractivity contribution in [2.24, 2.45) is 0 Å². The molecule has 0 aliphatic rings. The summed E-state index contributed by atoms with van der Waals surface area (Å²) in [5, 5.41) is 20.8. The van der Waals surface area contributed by atoms with Crippen molar-refractivity contribution in [3.8, 4) is 11.5 Å². The molecule has 5 heteroatoms. The van der Waals surface area contributed by atoms with Gasteiger partial charge >= 0.3 is 0 Å². The van der Waals surface area contributed by atoms with Crippen LogP contribution in [0.5, 0.6) is 11.5 Å². The number of phenolic OH excluding ortho intramolecular Hbond substituents is 1. The highest BCUT2D eigenvalue weighted by molar-refractivity contribution is 6.31. The predicted octanol–water partition coefficient (Wildman–Crippen LogP) is 4.96. The van der Waals surface area contributed by atoms with Gasteiger partial charge in [-0.1, -0.05) is 35.9 Å². The molecule has 26 heavy (non-hydrogen) atoms. The molecule has 0 aliphatic carbocycles. The molecule has 0 aliphatic heterocycles. The minimum absolute atomic E-state index is 0.0977. The zero-order chi connectivity index (χ0) is 19.1. The van der Waals surface area contributed by atoms with Crippen LogP contribution < -0.4 is 4.74 Å². The largest absolute Gasteiger partial charge is 0.507 e. The fourth-order valence-electron chi connectivity index (χ4n) is 2.32. The van der Waals surface area contributed by atoms with Crippen molar-refractivity contribution >= 4 is 29.2 Å². The lowest BCUT2D eigenvalue weighted by Crippen LogP contribution is -1.94. The second kappa shape index (κ2) is 8.92. The Hall–Kier alpha value is -2.98. The van der Waals surface area contributed by atoms with Crippen LogP contribution in [0.4, 0.5) is 0 Å². The molecule has 134 valence electrons. The Labute approximate surface area is 157 Å². The summed E-state index contributed by atoms with van der Waals surface area (Å²) in [5.41, 5.74) is 1.43. The molecule has 0 atom stereocenters. The summed E-state index contributed by atoms with van der Waals surface area (Å²) in [5.74, 6) is -0.199. The summed E-state index contributed by atoms with van der Waals surface area (Å²) in [4.78, 5) is 12.1. The summed E-state index contributed by atoms with van der Waals surface area (Å²) >= 11 is 6.01. The molecule has 2 rings (SSSR count). The lowest BCUT2D eigenvalue weighted by atomic mass is 10.0. The van der Waals surface area contributed by atoms with Crippen LogP contribution in [-0.2, 0) is 11.2 Å². The lowest BCUT2D eigenvalue weighted by Gasteiger charge is -2.09. The first-order chi connectivity index (χ1) is 12.4. The predicted molar refractivity (Wildman–Crippen MR) is 105 cm³/mol. The Bertz CT molecular complexity index is 864. The number of carbonyl (C=O) groups is 1. The van der Waals surface area contributed by atoms with Gasteiger partial charge in [-0.15, -0.1) is 6.58 Å². The quantitative estimate of drug-likeness (QED) is 0.410. The molecular weight excluding hydrogens is 352 g/mol. The maximum atomic E-state index is 12.1. The van der Waals surface area contributed by atoms with Gasteiger partial charge in [0.25, 0.3) is 0 Å². The minimum Gasteiger partial charge on any atom is -0.507 e. The number of methoxy groups -OCH3 is 1. The highest BCUT2D eigenvalue weighted by Gasteiger charge is 2.13. The van der Waals surface area contributed by atoms with Crippen LogP contribution in [0.3, 0.4) is 0 Å². The Morgan fingerprint density at radius 3 is 2.58 bits per heavy atom. The van der Waals surface area contributed by atoms with Crippen LogP contribution in [-0.4, -0.2) is 23.1 Å². The number of rotatable bonds is 7. The van der Waals surface area contributed by atoms with Gasteiger partial charge in [0.1, 0.15) is 17.3 Å². The molecule has 2 N–H and O–H groups in total. The number of ether oxygens (including phenoxy) is 1. The van der Waals surface area contributed by atoms with Crippen molar-refractivity contribution in [1.29, 1.82) is 0 Å². The van der Waals surface area contributed by atoms with E-state index in [1.54, 1.807) is 49.6 Å². The maximum Gasteiger partial charge on any atom is 0.182 e. The first-order valence-corrected chi connectivity index (χ1v) is 8.21. The van der Waals surface area contributed by atoms with E-state index in [0.717, 1.165) is 17.4 Å². The van der Waals surface area contributed by atoms with Gasteiger partial charge in [0.05, 0.1) is 12.7 Å². The number of allylic oxidation sites excluding steroid dienone is 3. The van der Waals surface area contributed by atoms with E-state index in [9.17, 15) is 15.0 Å². The average Bonchev–Trinajstić information content (AvgIpc) is 2.63. The van der Waals surface area contributed by atoms with Gasteiger partial charge in [-0.05, 0) is 47.9 Å². The van der Waals surface area contributed by atoms with E-state index < -0.39 is 5.78 Å². The van der Waals surface area contributed by atoms with Gasteiger partial charge in [-0.2, -0.15) is 0 Å². The molecule has 0 saturated heterocycles. The Kier molecular flexibility index (Phi) is 6.64. The standard InChI is InChI=1S/C21H19ClO4/c1-3-4-15-11-16(22)12-19(21(15)25)20(24)13-17(23)8-5-14-6-9-18(26-2)10-7-14/h3,5-13,24-25H,1,4H2,2H3/b8-5+,20-13-. The molecular formula is C21H19ClO4. The van der Waals surface area contributed by atoms with Crippen molar-refractivity contribution in [3.05, 3.63) is 82.9 Å². The second-order valence-electron chi connectivity index (χ2n) is 5.49. The molecule has 0 fully saturated rings. The normalized spacial score (nSPS) is 11.5. The number of hydrogen-bond donors (Lipinski definition) is 2. The zero-order valence-electron chi connectivity index (χ0n) is 14.3. The van der Waals surface area contributed by atoms with Gasteiger partial charge in [0.2, 0.25) is 0 Å². The summed E-state index contributed by atoms with van der Waals surface area (Å²) in [7, 11) is 1.58. The molecule has 4 nitrogen and oxygen atoms in total. The molecule has 0 radical (unpaired) electrons. The molecule has 0 saturated carbocycles. The summed E-state index contributed by atoms with van der Waals surface area (Å²) < 4.78 is 5.07. The van der Waals surface area contributed by atoms with E-state index in [4.69, 9.17) is 16.3 Å². The smallest absolute Gasteiger partial charge is 0.182 e. The molecule has 0 spiro atoms. The Morgan fingerprint density at radius 1 is 1.27 bits per heavy atom. The van der Waals surface area contributed by atoms with Crippen LogP contribution in [0.25, 0.3) is 11.8 Å². The number of aliphatic hydroxyl groups excluding tert-OH is 1. The van der Waals surface area contributed by atoms with E-state index in [1.807, 2.05) is 0 Å². The molecule has 0 amide bonds. The maximum absolute atomic E-state index is 12.1. The third kappa shape index (κ3) is 5.01. The van der Waals surface area contributed by atoms with E-state index >= 15 is 0 Å². The van der Waals surface area contributed by atoms with Gasteiger partial charge in [0.15, 0.2) is 5.78 Å². The van der Waals surface area contributed by atoms with E-state index in [2.05, 4.69) is 6.58 Å². The Morgan fingerprint density at radius 2 is 1.96 bits per heavy atom. The highest BCUT2D eigenvalue weighted by Crippen LogP contribution is 2.31. The third-order valence-corrected chi connectivity index (χ3v) is 3.85. The van der Waals surface area contributed by atoms with Crippen molar-refractivity contribution in [1.82, 2.24) is 0 Å². The van der Waals surface area contributed by atoms with Crippen LogP contribution in [0, 0.1) is 0 Å². The number of carbonyl (C=O) groups excluding carboxylic acids is 1. The number of halogens is 1. The number of ketones is 1. The number of aromatic hydroxyl groups is 1. The molecule has 0 aromatic heterocycles. The topological polar surface area (TPSA) is 66.8 Å².